The molecule has 0 saturated carbocycles. The number of para-hydroxylation sites is 1. The maximum Gasteiger partial charge on any atom is 0.353 e. The lowest BCUT2D eigenvalue weighted by atomic mass is 10.2. The third-order valence-corrected chi connectivity index (χ3v) is 5.04. The molecule has 108 valence electrons. The second-order valence-electron chi connectivity index (χ2n) is 4.58. The quantitative estimate of drug-likeness (QED) is 0.813. The third-order valence-electron chi connectivity index (χ3n) is 3.17. The molecule has 0 N–H and O–H groups in total. The number of benzene rings is 2. The van der Waals surface area contributed by atoms with Crippen LogP contribution >= 0.6 is 0 Å². The molecule has 0 radical (unpaired) electrons. The predicted molar refractivity (Wildman–Crippen MR) is 80.7 cm³/mol. The fourth-order valence-corrected chi connectivity index (χ4v) is 3.47. The summed E-state index contributed by atoms with van der Waals surface area (Å²) in [6.45, 7) is 9.18. The highest BCUT2D eigenvalue weighted by atomic mass is 32.2. The first kappa shape index (κ1) is 15.1. The van der Waals surface area contributed by atoms with Crippen molar-refractivity contribution in [2.24, 2.45) is 0 Å². The molecule has 0 amide bonds. The smallest absolute Gasteiger partial charge is 0.353 e. The molecule has 1 atom stereocenters. The molecule has 0 spiro atoms. The van der Waals surface area contributed by atoms with Crippen LogP contribution in [0.1, 0.15) is 16.5 Å². The first-order valence-electron chi connectivity index (χ1n) is 6.30. The van der Waals surface area contributed by atoms with E-state index in [4.69, 9.17) is 11.3 Å². The Balaban J connectivity index is 2.55. The highest BCUT2D eigenvalue weighted by Crippen LogP contribution is 2.35. The summed E-state index contributed by atoms with van der Waals surface area (Å²) in [5, 5.41) is -1.31. The van der Waals surface area contributed by atoms with Crippen LogP contribution in [0, 0.1) is 13.5 Å². The van der Waals surface area contributed by atoms with E-state index in [1.165, 1.54) is 19.2 Å². The van der Waals surface area contributed by atoms with Gasteiger partial charge in [0.05, 0.1) is 17.6 Å². The first-order chi connectivity index (χ1) is 10.0. The van der Waals surface area contributed by atoms with Gasteiger partial charge >= 0.3 is 5.37 Å². The average Bonchev–Trinajstić information content (AvgIpc) is 2.48. The Hall–Kier alpha value is -2.32. The minimum absolute atomic E-state index is 0.139. The zero-order valence-electron chi connectivity index (χ0n) is 11.8. The standard InChI is InChI=1S/C16H15NO3S/c1-12-8-10-13(11-9-12)21(18,19)16(17-2)14-6-4-5-7-15(14)20-3/h4-11,16H,1,3H3/t16-/m0/s1. The molecule has 0 aliphatic heterocycles. The highest BCUT2D eigenvalue weighted by Gasteiger charge is 2.36. The number of methoxy groups -OCH3 is 1. The Bertz CT molecular complexity index is 774. The van der Waals surface area contributed by atoms with Gasteiger partial charge in [-0.05, 0) is 31.2 Å². The van der Waals surface area contributed by atoms with Gasteiger partial charge in [0.15, 0.2) is 0 Å². The molecule has 0 bridgehead atoms. The summed E-state index contributed by atoms with van der Waals surface area (Å²) in [6, 6.07) is 13.2. The summed E-state index contributed by atoms with van der Waals surface area (Å²) in [7, 11) is -2.33. The van der Waals surface area contributed by atoms with Crippen LogP contribution in [-0.2, 0) is 9.84 Å². The number of aryl methyl sites for hydroxylation is 1. The third kappa shape index (κ3) is 2.91. The molecule has 4 nitrogen and oxygen atoms in total. The summed E-state index contributed by atoms with van der Waals surface area (Å²) in [6.07, 6.45) is 0. The summed E-state index contributed by atoms with van der Waals surface area (Å²) >= 11 is 0. The first-order valence-corrected chi connectivity index (χ1v) is 7.85. The van der Waals surface area contributed by atoms with E-state index in [2.05, 4.69) is 4.85 Å². The van der Waals surface area contributed by atoms with Gasteiger partial charge in [-0.25, -0.2) is 15.0 Å². The number of hydrogen-bond acceptors (Lipinski definition) is 3. The minimum Gasteiger partial charge on any atom is -0.496 e. The van der Waals surface area contributed by atoms with Crippen LogP contribution in [-0.4, -0.2) is 15.5 Å². The van der Waals surface area contributed by atoms with Crippen LogP contribution in [0.4, 0.5) is 0 Å². The van der Waals surface area contributed by atoms with Gasteiger partial charge in [0.25, 0.3) is 9.84 Å². The molecule has 0 aliphatic rings. The number of rotatable bonds is 4. The monoisotopic (exact) mass is 301 g/mol. The molecule has 2 aromatic carbocycles. The Morgan fingerprint density at radius 3 is 2.29 bits per heavy atom. The summed E-state index contributed by atoms with van der Waals surface area (Å²) < 4.78 is 30.5. The van der Waals surface area contributed by atoms with E-state index in [0.29, 0.717) is 11.3 Å². The molecule has 0 saturated heterocycles. The van der Waals surface area contributed by atoms with E-state index in [-0.39, 0.29) is 4.90 Å². The topological polar surface area (TPSA) is 47.7 Å². The number of nitrogens with zero attached hydrogens (tertiary/aromatic N) is 1. The van der Waals surface area contributed by atoms with E-state index in [1.54, 1.807) is 36.4 Å². The average molecular weight is 301 g/mol. The molecule has 0 heterocycles. The number of sulfone groups is 1. The molecule has 21 heavy (non-hydrogen) atoms. The van der Waals surface area contributed by atoms with Crippen molar-refractivity contribution in [2.45, 2.75) is 17.2 Å². The predicted octanol–water partition coefficient (Wildman–Crippen LogP) is 3.40. The van der Waals surface area contributed by atoms with Crippen molar-refractivity contribution in [3.8, 4) is 5.75 Å². The Labute approximate surface area is 124 Å². The van der Waals surface area contributed by atoms with Gasteiger partial charge in [0, 0.05) is 0 Å². The normalized spacial score (nSPS) is 12.4. The Kier molecular flexibility index (Phi) is 4.29. The Morgan fingerprint density at radius 2 is 1.71 bits per heavy atom. The molecule has 0 aromatic heterocycles. The van der Waals surface area contributed by atoms with Gasteiger partial charge < -0.3 is 4.74 Å². The van der Waals surface area contributed by atoms with Crippen LogP contribution < -0.4 is 4.74 Å². The van der Waals surface area contributed by atoms with Crippen molar-refractivity contribution in [3.05, 3.63) is 71.1 Å². The van der Waals surface area contributed by atoms with Gasteiger partial charge in [-0.2, -0.15) is 0 Å². The largest absolute Gasteiger partial charge is 0.496 e. The lowest BCUT2D eigenvalue weighted by Gasteiger charge is -2.11. The minimum atomic E-state index is -3.79. The van der Waals surface area contributed by atoms with Crippen LogP contribution in [0.5, 0.6) is 5.75 Å². The number of hydrogen-bond donors (Lipinski definition) is 0. The van der Waals surface area contributed by atoms with Gasteiger partial charge in [0.1, 0.15) is 5.75 Å². The van der Waals surface area contributed by atoms with Crippen molar-refractivity contribution >= 4 is 9.84 Å². The lowest BCUT2D eigenvalue weighted by Crippen LogP contribution is -2.11. The van der Waals surface area contributed by atoms with Crippen LogP contribution in [0.25, 0.3) is 4.85 Å². The van der Waals surface area contributed by atoms with E-state index < -0.39 is 15.2 Å². The van der Waals surface area contributed by atoms with Crippen molar-refractivity contribution < 1.29 is 13.2 Å². The van der Waals surface area contributed by atoms with Crippen molar-refractivity contribution in [1.82, 2.24) is 0 Å². The maximum absolute atomic E-state index is 12.7. The number of ether oxygens (including phenoxy) is 1. The van der Waals surface area contributed by atoms with E-state index >= 15 is 0 Å². The van der Waals surface area contributed by atoms with Crippen molar-refractivity contribution in [3.63, 3.8) is 0 Å². The van der Waals surface area contributed by atoms with Gasteiger partial charge in [-0.15, -0.1) is 0 Å². The maximum atomic E-state index is 12.7. The Morgan fingerprint density at radius 1 is 1.10 bits per heavy atom. The van der Waals surface area contributed by atoms with Gasteiger partial charge in [-0.1, -0.05) is 29.8 Å². The fourth-order valence-electron chi connectivity index (χ4n) is 2.03. The molecule has 0 aliphatic carbocycles. The molecule has 2 rings (SSSR count). The fraction of sp³-hybridized carbons (Fsp3) is 0.188. The van der Waals surface area contributed by atoms with Crippen molar-refractivity contribution in [2.75, 3.05) is 7.11 Å². The second kappa shape index (κ2) is 5.98. The summed E-state index contributed by atoms with van der Waals surface area (Å²) in [5.41, 5.74) is 1.32. The zero-order chi connectivity index (χ0) is 15.5. The van der Waals surface area contributed by atoms with Gasteiger partial charge in [-0.3, -0.25) is 4.85 Å². The molecule has 2 aromatic rings. The SMILES string of the molecule is [C-]#[N+][C@H](c1ccccc1OC)S(=O)(=O)c1ccc(C)cc1. The van der Waals surface area contributed by atoms with Crippen LogP contribution in [0.2, 0.25) is 0 Å². The van der Waals surface area contributed by atoms with E-state index in [0.717, 1.165) is 5.56 Å². The molecular weight excluding hydrogens is 286 g/mol. The summed E-state index contributed by atoms with van der Waals surface area (Å²) in [5.74, 6) is 0.397. The molecule has 0 fully saturated rings. The lowest BCUT2D eigenvalue weighted by molar-refractivity contribution is 0.410. The highest BCUT2D eigenvalue weighted by molar-refractivity contribution is 7.91. The van der Waals surface area contributed by atoms with E-state index in [1.807, 2.05) is 6.92 Å². The zero-order valence-corrected chi connectivity index (χ0v) is 12.6. The van der Waals surface area contributed by atoms with E-state index in [9.17, 15) is 8.42 Å². The van der Waals surface area contributed by atoms with Gasteiger partial charge in [0.2, 0.25) is 0 Å². The van der Waals surface area contributed by atoms with Crippen LogP contribution in [0.15, 0.2) is 53.4 Å². The van der Waals surface area contributed by atoms with Crippen LogP contribution in [0.3, 0.4) is 0 Å². The molecule has 0 unspecified atom stereocenters. The second-order valence-corrected chi connectivity index (χ2v) is 6.59. The molecular formula is C16H15NO3S. The molecule has 5 heteroatoms. The summed E-state index contributed by atoms with van der Waals surface area (Å²) in [4.78, 5) is 3.46. The van der Waals surface area contributed by atoms with Crippen molar-refractivity contribution in [1.29, 1.82) is 0 Å².